The highest BCUT2D eigenvalue weighted by Gasteiger charge is 2.17. The smallest absolute Gasteiger partial charge is 0.193 e. The van der Waals surface area contributed by atoms with Gasteiger partial charge in [-0.2, -0.15) is 5.10 Å². The molecule has 0 amide bonds. The molecule has 2 heterocycles. The monoisotopic (exact) mass is 434 g/mol. The summed E-state index contributed by atoms with van der Waals surface area (Å²) in [7, 11) is 6.24. The molecule has 1 aliphatic heterocycles. The number of piperidine rings is 1. The fourth-order valence-corrected chi connectivity index (χ4v) is 3.01. The zero-order chi connectivity index (χ0) is 15.9. The van der Waals surface area contributed by atoms with Gasteiger partial charge in [0.15, 0.2) is 5.96 Å². The molecule has 0 aromatic carbocycles. The van der Waals surface area contributed by atoms with Crippen molar-refractivity contribution in [2.75, 3.05) is 40.3 Å². The molecule has 1 atom stereocenters. The van der Waals surface area contributed by atoms with Gasteiger partial charge in [0.25, 0.3) is 0 Å². The summed E-state index contributed by atoms with van der Waals surface area (Å²) in [5.74, 6) is 1.67. The maximum atomic E-state index is 4.85. The van der Waals surface area contributed by atoms with Gasteiger partial charge in [0.2, 0.25) is 0 Å². The Hall–Kier alpha value is -0.830. The lowest BCUT2D eigenvalue weighted by molar-refractivity contribution is 0.214. The van der Waals surface area contributed by atoms with Gasteiger partial charge in [-0.25, -0.2) is 0 Å². The fourth-order valence-electron chi connectivity index (χ4n) is 3.01. The van der Waals surface area contributed by atoms with Crippen LogP contribution in [0.5, 0.6) is 0 Å². The van der Waals surface area contributed by atoms with E-state index >= 15 is 0 Å². The molecule has 7 heteroatoms. The molecule has 1 unspecified atom stereocenters. The number of aryl methyl sites for hydroxylation is 1. The van der Waals surface area contributed by atoms with Crippen molar-refractivity contribution < 1.29 is 0 Å². The van der Waals surface area contributed by atoms with Crippen LogP contribution in [0.15, 0.2) is 17.4 Å². The molecule has 0 saturated carbocycles. The number of halogens is 1. The van der Waals surface area contributed by atoms with Gasteiger partial charge in [-0.15, -0.1) is 24.0 Å². The van der Waals surface area contributed by atoms with E-state index in [1.54, 1.807) is 0 Å². The minimum atomic E-state index is 0. The molecule has 1 fully saturated rings. The molecule has 0 spiro atoms. The van der Waals surface area contributed by atoms with E-state index in [0.29, 0.717) is 5.92 Å². The minimum absolute atomic E-state index is 0. The lowest BCUT2D eigenvalue weighted by Gasteiger charge is -2.29. The number of hydrogen-bond donors (Lipinski definition) is 1. The Morgan fingerprint density at radius 2 is 2.26 bits per heavy atom. The summed E-state index contributed by atoms with van der Waals surface area (Å²) in [5, 5.41) is 7.62. The van der Waals surface area contributed by atoms with Crippen molar-refractivity contribution in [2.24, 2.45) is 18.0 Å². The summed E-state index contributed by atoms with van der Waals surface area (Å²) >= 11 is 0. The SMILES string of the molecule is CCNC(=NCC1CCCN(C)C1)N(C)Cc1cnn(C)c1.I. The Morgan fingerprint density at radius 3 is 2.87 bits per heavy atom. The molecular formula is C16H31IN6. The number of likely N-dealkylation sites (tertiary alicyclic amines) is 1. The summed E-state index contributed by atoms with van der Waals surface area (Å²) in [6.07, 6.45) is 6.55. The van der Waals surface area contributed by atoms with Crippen molar-refractivity contribution in [3.05, 3.63) is 18.0 Å². The van der Waals surface area contributed by atoms with Crippen LogP contribution in [0.1, 0.15) is 25.3 Å². The van der Waals surface area contributed by atoms with Crippen molar-refractivity contribution in [1.82, 2.24) is 24.9 Å². The van der Waals surface area contributed by atoms with Crippen LogP contribution in [0.4, 0.5) is 0 Å². The zero-order valence-electron chi connectivity index (χ0n) is 14.8. The third-order valence-electron chi connectivity index (χ3n) is 4.10. The fraction of sp³-hybridized carbons (Fsp3) is 0.750. The van der Waals surface area contributed by atoms with Gasteiger partial charge in [0.05, 0.1) is 6.20 Å². The Bertz CT molecular complexity index is 487. The predicted octanol–water partition coefficient (Wildman–Crippen LogP) is 1.78. The second-order valence-corrected chi connectivity index (χ2v) is 6.34. The number of nitrogens with zero attached hydrogens (tertiary/aromatic N) is 5. The molecule has 1 aliphatic rings. The molecule has 6 nitrogen and oxygen atoms in total. The summed E-state index contributed by atoms with van der Waals surface area (Å²) in [6, 6.07) is 0. The average molecular weight is 434 g/mol. The second-order valence-electron chi connectivity index (χ2n) is 6.34. The van der Waals surface area contributed by atoms with Gasteiger partial charge in [0, 0.05) is 52.0 Å². The molecule has 1 aromatic rings. The highest BCUT2D eigenvalue weighted by Crippen LogP contribution is 2.15. The first-order valence-electron chi connectivity index (χ1n) is 8.24. The first-order chi connectivity index (χ1) is 10.6. The Kier molecular flexibility index (Phi) is 8.90. The number of hydrogen-bond acceptors (Lipinski definition) is 3. The molecule has 0 radical (unpaired) electrons. The van der Waals surface area contributed by atoms with Crippen LogP contribution in [0.25, 0.3) is 0 Å². The molecule has 1 aromatic heterocycles. The summed E-state index contributed by atoms with van der Waals surface area (Å²) in [6.45, 7) is 7.12. The van der Waals surface area contributed by atoms with Crippen LogP contribution >= 0.6 is 24.0 Å². The van der Waals surface area contributed by atoms with Crippen LogP contribution in [0.2, 0.25) is 0 Å². The van der Waals surface area contributed by atoms with E-state index in [0.717, 1.165) is 32.1 Å². The van der Waals surface area contributed by atoms with E-state index in [4.69, 9.17) is 4.99 Å². The summed E-state index contributed by atoms with van der Waals surface area (Å²) in [5.41, 5.74) is 1.20. The number of guanidine groups is 1. The minimum Gasteiger partial charge on any atom is -0.357 e. The Balaban J connectivity index is 0.00000264. The van der Waals surface area contributed by atoms with Crippen LogP contribution < -0.4 is 5.32 Å². The van der Waals surface area contributed by atoms with Crippen molar-refractivity contribution in [2.45, 2.75) is 26.3 Å². The van der Waals surface area contributed by atoms with Crippen molar-refractivity contribution in [3.8, 4) is 0 Å². The topological polar surface area (TPSA) is 48.7 Å². The third kappa shape index (κ3) is 6.66. The van der Waals surface area contributed by atoms with Crippen molar-refractivity contribution >= 4 is 29.9 Å². The average Bonchev–Trinajstić information content (AvgIpc) is 2.88. The van der Waals surface area contributed by atoms with Crippen molar-refractivity contribution in [3.63, 3.8) is 0 Å². The predicted molar refractivity (Wildman–Crippen MR) is 106 cm³/mol. The molecule has 1 N–H and O–H groups in total. The highest BCUT2D eigenvalue weighted by atomic mass is 127. The van der Waals surface area contributed by atoms with Crippen LogP contribution in [0.3, 0.4) is 0 Å². The number of aliphatic imine (C=N–C) groups is 1. The van der Waals surface area contributed by atoms with Crippen LogP contribution in [-0.4, -0.2) is 65.8 Å². The van der Waals surface area contributed by atoms with E-state index in [-0.39, 0.29) is 24.0 Å². The standard InChI is InChI=1S/C16H30N6.HI/c1-5-17-16(18-9-14-7-6-8-20(2)11-14)21(3)12-15-10-19-22(4)13-15;/h10,13-14H,5-9,11-12H2,1-4H3,(H,17,18);1H. The number of aromatic nitrogens is 2. The van der Waals surface area contributed by atoms with E-state index < -0.39 is 0 Å². The largest absolute Gasteiger partial charge is 0.357 e. The van der Waals surface area contributed by atoms with E-state index in [9.17, 15) is 0 Å². The molecular weight excluding hydrogens is 403 g/mol. The number of rotatable bonds is 5. The normalized spacial score (nSPS) is 19.3. The summed E-state index contributed by atoms with van der Waals surface area (Å²) < 4.78 is 1.84. The lowest BCUT2D eigenvalue weighted by Crippen LogP contribution is -2.39. The maximum Gasteiger partial charge on any atom is 0.193 e. The highest BCUT2D eigenvalue weighted by molar-refractivity contribution is 14.0. The maximum absolute atomic E-state index is 4.85. The molecule has 0 bridgehead atoms. The van der Waals surface area contributed by atoms with Crippen molar-refractivity contribution in [1.29, 1.82) is 0 Å². The van der Waals surface area contributed by atoms with E-state index in [1.165, 1.54) is 24.9 Å². The molecule has 132 valence electrons. The quantitative estimate of drug-likeness (QED) is 0.436. The van der Waals surface area contributed by atoms with Crippen LogP contribution in [-0.2, 0) is 13.6 Å². The zero-order valence-corrected chi connectivity index (χ0v) is 17.2. The summed E-state index contributed by atoms with van der Waals surface area (Å²) in [4.78, 5) is 9.44. The van der Waals surface area contributed by atoms with Gasteiger partial charge in [0.1, 0.15) is 0 Å². The van der Waals surface area contributed by atoms with Gasteiger partial charge >= 0.3 is 0 Å². The third-order valence-corrected chi connectivity index (χ3v) is 4.10. The Morgan fingerprint density at radius 1 is 1.48 bits per heavy atom. The van der Waals surface area contributed by atoms with Gasteiger partial charge in [-0.3, -0.25) is 9.67 Å². The van der Waals surface area contributed by atoms with Gasteiger partial charge in [-0.1, -0.05) is 0 Å². The number of nitrogens with one attached hydrogen (secondary N) is 1. The van der Waals surface area contributed by atoms with Crippen LogP contribution in [0, 0.1) is 5.92 Å². The second kappa shape index (κ2) is 10.1. The molecule has 0 aliphatic carbocycles. The molecule has 2 rings (SSSR count). The van der Waals surface area contributed by atoms with Gasteiger partial charge < -0.3 is 15.1 Å². The van der Waals surface area contributed by atoms with Gasteiger partial charge in [-0.05, 0) is 39.3 Å². The molecule has 1 saturated heterocycles. The molecule has 23 heavy (non-hydrogen) atoms. The first kappa shape index (κ1) is 20.2. The van der Waals surface area contributed by atoms with E-state index in [2.05, 4.69) is 47.4 Å². The Labute approximate surface area is 157 Å². The van der Waals surface area contributed by atoms with E-state index in [1.807, 2.05) is 17.9 Å². The lowest BCUT2D eigenvalue weighted by atomic mass is 9.99. The first-order valence-corrected chi connectivity index (χ1v) is 8.24.